The van der Waals surface area contributed by atoms with Gasteiger partial charge in [0.1, 0.15) is 0 Å². The smallest absolute Gasteiger partial charge is 0.330 e. The third-order valence-corrected chi connectivity index (χ3v) is 3.54. The Morgan fingerprint density at radius 3 is 2.71 bits per heavy atom. The number of allylic oxidation sites excluding steroid dienone is 2. The Morgan fingerprint density at radius 2 is 2.21 bits per heavy atom. The Kier molecular flexibility index (Phi) is 2.44. The van der Waals surface area contributed by atoms with Crippen molar-refractivity contribution in [3.05, 3.63) is 24.3 Å². The molecule has 1 fully saturated rings. The van der Waals surface area contributed by atoms with Crippen LogP contribution in [-0.2, 0) is 4.79 Å². The fraction of sp³-hybridized carbons (Fsp3) is 0.583. The van der Waals surface area contributed by atoms with Gasteiger partial charge in [-0.1, -0.05) is 18.7 Å². The predicted molar refractivity (Wildman–Crippen MR) is 54.9 cm³/mol. The Labute approximate surface area is 84.3 Å². The summed E-state index contributed by atoms with van der Waals surface area (Å²) in [4.78, 5) is 10.6. The molecule has 2 heteroatoms. The average Bonchev–Trinajstić information content (AvgIpc) is 2.74. The summed E-state index contributed by atoms with van der Waals surface area (Å²) < 4.78 is 0. The van der Waals surface area contributed by atoms with Crippen molar-refractivity contribution in [1.82, 2.24) is 0 Å². The maximum absolute atomic E-state index is 10.6. The molecule has 0 amide bonds. The second-order valence-electron chi connectivity index (χ2n) is 4.49. The lowest BCUT2D eigenvalue weighted by molar-refractivity contribution is -0.132. The SMILES string of the molecule is C=C(CCC1CC2C=CC1C2)C(=O)O. The molecule has 1 N–H and O–H groups in total. The van der Waals surface area contributed by atoms with Crippen molar-refractivity contribution in [3.8, 4) is 0 Å². The van der Waals surface area contributed by atoms with Gasteiger partial charge in [0, 0.05) is 5.57 Å². The molecule has 0 aromatic carbocycles. The van der Waals surface area contributed by atoms with E-state index in [1.807, 2.05) is 0 Å². The van der Waals surface area contributed by atoms with Gasteiger partial charge < -0.3 is 5.11 Å². The summed E-state index contributed by atoms with van der Waals surface area (Å²) in [6.45, 7) is 3.56. The van der Waals surface area contributed by atoms with Crippen molar-refractivity contribution in [2.45, 2.75) is 25.7 Å². The molecule has 0 spiro atoms. The highest BCUT2D eigenvalue weighted by Gasteiger charge is 2.35. The number of aliphatic carboxylic acids is 1. The van der Waals surface area contributed by atoms with Crippen LogP contribution in [0.5, 0.6) is 0 Å². The van der Waals surface area contributed by atoms with E-state index < -0.39 is 5.97 Å². The Balaban J connectivity index is 1.80. The average molecular weight is 192 g/mol. The van der Waals surface area contributed by atoms with Crippen LogP contribution in [0.2, 0.25) is 0 Å². The second-order valence-corrected chi connectivity index (χ2v) is 4.49. The van der Waals surface area contributed by atoms with Crippen LogP contribution in [0.25, 0.3) is 0 Å². The van der Waals surface area contributed by atoms with Crippen molar-refractivity contribution < 1.29 is 9.90 Å². The summed E-state index contributed by atoms with van der Waals surface area (Å²) in [5, 5.41) is 8.67. The van der Waals surface area contributed by atoms with Gasteiger partial charge in [-0.3, -0.25) is 0 Å². The van der Waals surface area contributed by atoms with Crippen molar-refractivity contribution in [3.63, 3.8) is 0 Å². The van der Waals surface area contributed by atoms with E-state index in [4.69, 9.17) is 5.11 Å². The molecule has 0 saturated heterocycles. The molecule has 3 atom stereocenters. The zero-order valence-corrected chi connectivity index (χ0v) is 8.28. The molecule has 2 aliphatic rings. The zero-order valence-electron chi connectivity index (χ0n) is 8.28. The van der Waals surface area contributed by atoms with Crippen molar-refractivity contribution in [1.29, 1.82) is 0 Å². The molecule has 2 bridgehead atoms. The lowest BCUT2D eigenvalue weighted by Gasteiger charge is -2.17. The summed E-state index contributed by atoms with van der Waals surface area (Å²) in [6, 6.07) is 0. The highest BCUT2D eigenvalue weighted by molar-refractivity contribution is 5.85. The molecule has 14 heavy (non-hydrogen) atoms. The summed E-state index contributed by atoms with van der Waals surface area (Å²) in [5.41, 5.74) is 0.358. The number of fused-ring (bicyclic) bond motifs is 2. The molecule has 3 unspecified atom stereocenters. The monoisotopic (exact) mass is 192 g/mol. The Morgan fingerprint density at radius 1 is 1.43 bits per heavy atom. The van der Waals surface area contributed by atoms with Gasteiger partial charge in [0.25, 0.3) is 0 Å². The van der Waals surface area contributed by atoms with Crippen LogP contribution in [0, 0.1) is 17.8 Å². The summed E-state index contributed by atoms with van der Waals surface area (Å²) in [7, 11) is 0. The molecule has 0 aliphatic heterocycles. The number of rotatable bonds is 4. The minimum Gasteiger partial charge on any atom is -0.478 e. The standard InChI is InChI=1S/C12H16O2/c1-8(12(13)14)2-4-10-6-9-3-5-11(10)7-9/h3,5,9-11H,1-2,4,6-7H2,(H,13,14). The molecule has 2 aliphatic carbocycles. The van der Waals surface area contributed by atoms with Gasteiger partial charge in [0.15, 0.2) is 0 Å². The van der Waals surface area contributed by atoms with E-state index in [1.54, 1.807) is 0 Å². The van der Waals surface area contributed by atoms with Gasteiger partial charge in [0.05, 0.1) is 0 Å². The minimum atomic E-state index is -0.844. The van der Waals surface area contributed by atoms with Crippen LogP contribution in [0.15, 0.2) is 24.3 Å². The fourth-order valence-corrected chi connectivity index (χ4v) is 2.69. The predicted octanol–water partition coefficient (Wildman–Crippen LogP) is 2.62. The lowest BCUT2D eigenvalue weighted by Crippen LogP contribution is -2.08. The minimum absolute atomic E-state index is 0.358. The molecule has 76 valence electrons. The quantitative estimate of drug-likeness (QED) is 0.549. The summed E-state index contributed by atoms with van der Waals surface area (Å²) in [6.07, 6.45) is 8.82. The number of hydrogen-bond acceptors (Lipinski definition) is 1. The highest BCUT2D eigenvalue weighted by atomic mass is 16.4. The van der Waals surface area contributed by atoms with Gasteiger partial charge in [0.2, 0.25) is 0 Å². The normalized spacial score (nSPS) is 33.6. The van der Waals surface area contributed by atoms with Crippen molar-refractivity contribution >= 4 is 5.97 Å². The largest absolute Gasteiger partial charge is 0.478 e. The summed E-state index contributed by atoms with van der Waals surface area (Å²) >= 11 is 0. The molecular weight excluding hydrogens is 176 g/mol. The van der Waals surface area contributed by atoms with Crippen LogP contribution in [-0.4, -0.2) is 11.1 Å². The van der Waals surface area contributed by atoms with E-state index in [2.05, 4.69) is 18.7 Å². The molecule has 2 rings (SSSR count). The summed E-state index contributed by atoms with van der Waals surface area (Å²) in [5.74, 6) is 1.37. The topological polar surface area (TPSA) is 37.3 Å². The van der Waals surface area contributed by atoms with Crippen LogP contribution in [0.1, 0.15) is 25.7 Å². The van der Waals surface area contributed by atoms with E-state index in [0.29, 0.717) is 17.9 Å². The van der Waals surface area contributed by atoms with Crippen molar-refractivity contribution in [2.24, 2.45) is 17.8 Å². The number of carboxylic acid groups (broad SMARTS) is 1. The zero-order chi connectivity index (χ0) is 10.1. The number of carboxylic acids is 1. The first-order valence-electron chi connectivity index (χ1n) is 5.26. The van der Waals surface area contributed by atoms with Gasteiger partial charge in [-0.05, 0) is 43.4 Å². The van der Waals surface area contributed by atoms with Gasteiger partial charge in [-0.15, -0.1) is 0 Å². The van der Waals surface area contributed by atoms with E-state index in [0.717, 1.165) is 18.3 Å². The first kappa shape index (κ1) is 9.50. The number of carbonyl (C=O) groups is 1. The fourth-order valence-electron chi connectivity index (χ4n) is 2.69. The van der Waals surface area contributed by atoms with Gasteiger partial charge in [-0.2, -0.15) is 0 Å². The molecule has 0 radical (unpaired) electrons. The van der Waals surface area contributed by atoms with Crippen LogP contribution in [0.4, 0.5) is 0 Å². The van der Waals surface area contributed by atoms with Crippen LogP contribution in [0.3, 0.4) is 0 Å². The first-order valence-corrected chi connectivity index (χ1v) is 5.26. The first-order chi connectivity index (χ1) is 6.66. The molecular formula is C12H16O2. The van der Waals surface area contributed by atoms with Crippen LogP contribution >= 0.6 is 0 Å². The van der Waals surface area contributed by atoms with Crippen molar-refractivity contribution in [2.75, 3.05) is 0 Å². The Bertz CT molecular complexity index is 291. The Hall–Kier alpha value is -1.05. The highest BCUT2D eigenvalue weighted by Crippen LogP contribution is 2.45. The third kappa shape index (κ3) is 1.74. The molecule has 0 aromatic heterocycles. The van der Waals surface area contributed by atoms with E-state index in [9.17, 15) is 4.79 Å². The maximum Gasteiger partial charge on any atom is 0.330 e. The van der Waals surface area contributed by atoms with E-state index in [1.165, 1.54) is 12.8 Å². The molecule has 2 nitrogen and oxygen atoms in total. The third-order valence-electron chi connectivity index (χ3n) is 3.54. The van der Waals surface area contributed by atoms with Gasteiger partial charge >= 0.3 is 5.97 Å². The van der Waals surface area contributed by atoms with E-state index in [-0.39, 0.29) is 0 Å². The second kappa shape index (κ2) is 3.60. The molecule has 0 heterocycles. The van der Waals surface area contributed by atoms with E-state index >= 15 is 0 Å². The van der Waals surface area contributed by atoms with Crippen LogP contribution < -0.4 is 0 Å². The van der Waals surface area contributed by atoms with Gasteiger partial charge in [-0.25, -0.2) is 4.79 Å². The number of hydrogen-bond donors (Lipinski definition) is 1. The molecule has 1 saturated carbocycles. The lowest BCUT2D eigenvalue weighted by atomic mass is 9.88. The molecule has 0 aromatic rings. The maximum atomic E-state index is 10.6.